The van der Waals surface area contributed by atoms with Crippen molar-refractivity contribution in [2.75, 3.05) is 18.4 Å². The summed E-state index contributed by atoms with van der Waals surface area (Å²) in [4.78, 5) is 23.6. The van der Waals surface area contributed by atoms with Gasteiger partial charge in [0.1, 0.15) is 0 Å². The van der Waals surface area contributed by atoms with Gasteiger partial charge in [0, 0.05) is 24.3 Å². The molecule has 0 aliphatic heterocycles. The van der Waals surface area contributed by atoms with E-state index in [-0.39, 0.29) is 23.7 Å². The van der Waals surface area contributed by atoms with Crippen molar-refractivity contribution in [1.29, 1.82) is 0 Å². The van der Waals surface area contributed by atoms with Crippen LogP contribution in [0.1, 0.15) is 31.1 Å². The van der Waals surface area contributed by atoms with Gasteiger partial charge < -0.3 is 16.4 Å². The summed E-state index contributed by atoms with van der Waals surface area (Å²) < 4.78 is 0. The Balaban J connectivity index is 2.70. The third-order valence-electron chi connectivity index (χ3n) is 3.15. The van der Waals surface area contributed by atoms with Crippen LogP contribution in [0.3, 0.4) is 0 Å². The predicted octanol–water partition coefficient (Wildman–Crippen LogP) is 1.61. The second kappa shape index (κ2) is 7.65. The van der Waals surface area contributed by atoms with Crippen LogP contribution in [0, 0.1) is 11.8 Å². The first kappa shape index (κ1) is 16.2. The van der Waals surface area contributed by atoms with Crippen LogP contribution in [0.5, 0.6) is 0 Å². The number of hydrogen-bond acceptors (Lipinski definition) is 3. The van der Waals surface area contributed by atoms with Gasteiger partial charge in [-0.3, -0.25) is 9.59 Å². The second-order valence-corrected chi connectivity index (χ2v) is 5.01. The zero-order valence-electron chi connectivity index (χ0n) is 12.3. The average Bonchev–Trinajstić information content (AvgIpc) is 2.40. The smallest absolute Gasteiger partial charge is 0.251 e. The summed E-state index contributed by atoms with van der Waals surface area (Å²) >= 11 is 0. The predicted molar refractivity (Wildman–Crippen MR) is 80.5 cm³/mol. The minimum Gasteiger partial charge on any atom is -0.352 e. The summed E-state index contributed by atoms with van der Waals surface area (Å²) in [6.45, 7) is 6.71. The minimum absolute atomic E-state index is 0.0896. The van der Waals surface area contributed by atoms with Crippen LogP contribution in [0.15, 0.2) is 24.3 Å². The molecule has 5 heteroatoms. The van der Waals surface area contributed by atoms with Crippen molar-refractivity contribution in [3.63, 3.8) is 0 Å². The highest BCUT2D eigenvalue weighted by atomic mass is 16.2. The van der Waals surface area contributed by atoms with E-state index in [0.29, 0.717) is 24.3 Å². The highest BCUT2D eigenvalue weighted by Gasteiger charge is 2.20. The Morgan fingerprint density at radius 3 is 2.25 bits per heavy atom. The third-order valence-corrected chi connectivity index (χ3v) is 3.15. The number of amides is 2. The average molecular weight is 277 g/mol. The van der Waals surface area contributed by atoms with E-state index in [1.165, 1.54) is 0 Å². The molecule has 1 atom stereocenters. The number of anilines is 1. The van der Waals surface area contributed by atoms with Gasteiger partial charge in [-0.15, -0.1) is 0 Å². The first-order chi connectivity index (χ1) is 9.49. The summed E-state index contributed by atoms with van der Waals surface area (Å²) in [7, 11) is 0. The summed E-state index contributed by atoms with van der Waals surface area (Å²) in [5, 5.41) is 5.54. The molecule has 0 aromatic heterocycles. The van der Waals surface area contributed by atoms with Crippen LogP contribution in [0.2, 0.25) is 0 Å². The first-order valence-electron chi connectivity index (χ1n) is 6.88. The van der Waals surface area contributed by atoms with Crippen molar-refractivity contribution in [3.05, 3.63) is 29.8 Å². The fourth-order valence-electron chi connectivity index (χ4n) is 1.88. The van der Waals surface area contributed by atoms with Crippen molar-refractivity contribution in [2.24, 2.45) is 17.6 Å². The van der Waals surface area contributed by atoms with Gasteiger partial charge in [0.25, 0.3) is 5.91 Å². The fourth-order valence-corrected chi connectivity index (χ4v) is 1.88. The largest absolute Gasteiger partial charge is 0.352 e. The summed E-state index contributed by atoms with van der Waals surface area (Å²) in [5.41, 5.74) is 6.85. The molecule has 0 aliphatic carbocycles. The molecule has 1 aromatic rings. The van der Waals surface area contributed by atoms with Crippen molar-refractivity contribution in [3.8, 4) is 0 Å². The maximum absolute atomic E-state index is 12.0. The zero-order valence-corrected chi connectivity index (χ0v) is 12.3. The molecule has 5 nitrogen and oxygen atoms in total. The van der Waals surface area contributed by atoms with Crippen LogP contribution < -0.4 is 16.4 Å². The Hall–Kier alpha value is -1.88. The van der Waals surface area contributed by atoms with Crippen LogP contribution in [-0.2, 0) is 4.79 Å². The Morgan fingerprint density at radius 1 is 1.20 bits per heavy atom. The van der Waals surface area contributed by atoms with Crippen LogP contribution in [-0.4, -0.2) is 24.9 Å². The van der Waals surface area contributed by atoms with E-state index in [0.717, 1.165) is 0 Å². The molecule has 1 unspecified atom stereocenters. The molecule has 0 spiro atoms. The molecule has 0 saturated carbocycles. The molecule has 2 amide bonds. The monoisotopic (exact) mass is 277 g/mol. The number of carbonyl (C=O) groups excluding carboxylic acids is 2. The maximum Gasteiger partial charge on any atom is 0.251 e. The molecule has 110 valence electrons. The molecule has 0 fully saturated rings. The van der Waals surface area contributed by atoms with Gasteiger partial charge in [0.05, 0.1) is 5.92 Å². The Labute approximate surface area is 119 Å². The molecule has 1 rings (SSSR count). The first-order valence-corrected chi connectivity index (χ1v) is 6.88. The lowest BCUT2D eigenvalue weighted by molar-refractivity contribution is -0.120. The van der Waals surface area contributed by atoms with Crippen LogP contribution in [0.25, 0.3) is 0 Å². The number of nitrogens with one attached hydrogen (secondary N) is 2. The molecule has 0 radical (unpaired) electrons. The van der Waals surface area contributed by atoms with Crippen molar-refractivity contribution in [1.82, 2.24) is 5.32 Å². The molecule has 20 heavy (non-hydrogen) atoms. The number of carbonyl (C=O) groups is 2. The zero-order chi connectivity index (χ0) is 15.1. The van der Waals surface area contributed by atoms with Crippen LogP contribution in [0.4, 0.5) is 5.69 Å². The molecule has 0 bridgehead atoms. The normalized spacial score (nSPS) is 12.1. The van der Waals surface area contributed by atoms with E-state index >= 15 is 0 Å². The van der Waals surface area contributed by atoms with Crippen molar-refractivity contribution >= 4 is 17.5 Å². The third kappa shape index (κ3) is 4.35. The number of benzene rings is 1. The number of hydrogen-bond donors (Lipinski definition) is 3. The maximum atomic E-state index is 12.0. The molecule has 0 aliphatic rings. The Bertz CT molecular complexity index is 455. The lowest BCUT2D eigenvalue weighted by atomic mass is 9.95. The number of rotatable bonds is 6. The van der Waals surface area contributed by atoms with Gasteiger partial charge in [0.15, 0.2) is 0 Å². The summed E-state index contributed by atoms with van der Waals surface area (Å²) in [5.74, 6) is -0.228. The van der Waals surface area contributed by atoms with Gasteiger partial charge in [-0.1, -0.05) is 13.8 Å². The van der Waals surface area contributed by atoms with E-state index in [9.17, 15) is 9.59 Å². The fraction of sp³-hybridized carbons (Fsp3) is 0.467. The minimum atomic E-state index is -0.210. The van der Waals surface area contributed by atoms with E-state index in [1.807, 2.05) is 20.8 Å². The molecular weight excluding hydrogens is 254 g/mol. The standard InChI is InChI=1S/C15H23N3O2/c1-4-17-14(19)11-5-7-12(8-6-11)18-15(20)13(9-16)10(2)3/h5-8,10,13H,4,9,16H2,1-3H3,(H,17,19)(H,18,20). The summed E-state index contributed by atoms with van der Waals surface area (Å²) in [6, 6.07) is 6.81. The van der Waals surface area contributed by atoms with Crippen LogP contribution >= 0.6 is 0 Å². The van der Waals surface area contributed by atoms with E-state index in [4.69, 9.17) is 5.73 Å². The van der Waals surface area contributed by atoms with Gasteiger partial charge in [-0.25, -0.2) is 0 Å². The van der Waals surface area contributed by atoms with Crippen molar-refractivity contribution < 1.29 is 9.59 Å². The lowest BCUT2D eigenvalue weighted by Gasteiger charge is -2.18. The molecule has 4 N–H and O–H groups in total. The molecule has 0 heterocycles. The summed E-state index contributed by atoms with van der Waals surface area (Å²) in [6.07, 6.45) is 0. The van der Waals surface area contributed by atoms with Gasteiger partial charge >= 0.3 is 0 Å². The van der Waals surface area contributed by atoms with E-state index in [1.54, 1.807) is 24.3 Å². The Morgan fingerprint density at radius 2 is 1.80 bits per heavy atom. The Kier molecular flexibility index (Phi) is 6.18. The van der Waals surface area contributed by atoms with Gasteiger partial charge in [0.2, 0.25) is 5.91 Å². The van der Waals surface area contributed by atoms with E-state index in [2.05, 4.69) is 10.6 Å². The topological polar surface area (TPSA) is 84.2 Å². The molecule has 1 aromatic carbocycles. The highest BCUT2D eigenvalue weighted by molar-refractivity contribution is 5.96. The SMILES string of the molecule is CCNC(=O)c1ccc(NC(=O)C(CN)C(C)C)cc1. The molecule has 0 saturated heterocycles. The van der Waals surface area contributed by atoms with Crippen molar-refractivity contribution in [2.45, 2.75) is 20.8 Å². The highest BCUT2D eigenvalue weighted by Crippen LogP contribution is 2.14. The lowest BCUT2D eigenvalue weighted by Crippen LogP contribution is -2.33. The molecular formula is C15H23N3O2. The van der Waals surface area contributed by atoms with E-state index < -0.39 is 0 Å². The number of nitrogens with two attached hydrogens (primary N) is 1. The second-order valence-electron chi connectivity index (χ2n) is 5.01. The quantitative estimate of drug-likeness (QED) is 0.738. The van der Waals surface area contributed by atoms with Gasteiger partial charge in [-0.05, 0) is 37.1 Å². The van der Waals surface area contributed by atoms with Gasteiger partial charge in [-0.2, -0.15) is 0 Å².